The number of nitrogens with zero attached hydrogens (tertiary/aromatic N) is 2. The summed E-state index contributed by atoms with van der Waals surface area (Å²) in [4.78, 5) is 15.8. The first-order valence-electron chi connectivity index (χ1n) is 9.66. The number of hydrogen-bond acceptors (Lipinski definition) is 4. The van der Waals surface area contributed by atoms with E-state index in [1.807, 2.05) is 18.2 Å². The Morgan fingerprint density at radius 2 is 2.00 bits per heavy atom. The SMILES string of the molecule is O=C(c1cccc(Cl)c1)N1N=C2/C(=C/c3cccs3)CCCC2C1c1cccs1. The van der Waals surface area contributed by atoms with Crippen molar-refractivity contribution in [3.8, 4) is 0 Å². The van der Waals surface area contributed by atoms with E-state index >= 15 is 0 Å². The van der Waals surface area contributed by atoms with E-state index in [0.717, 1.165) is 25.0 Å². The number of hydrogen-bond donors (Lipinski definition) is 0. The lowest BCUT2D eigenvalue weighted by Crippen LogP contribution is -2.31. The third-order valence-corrected chi connectivity index (χ3v) is 7.47. The highest BCUT2D eigenvalue weighted by Gasteiger charge is 2.44. The van der Waals surface area contributed by atoms with E-state index in [2.05, 4.69) is 35.0 Å². The number of benzene rings is 1. The van der Waals surface area contributed by atoms with Gasteiger partial charge < -0.3 is 0 Å². The summed E-state index contributed by atoms with van der Waals surface area (Å²) in [6, 6.07) is 15.4. The molecule has 1 saturated carbocycles. The van der Waals surface area contributed by atoms with Crippen LogP contribution >= 0.6 is 34.3 Å². The lowest BCUT2D eigenvalue weighted by molar-refractivity contribution is 0.0684. The number of carbonyl (C=O) groups excluding carboxylic acids is 1. The fourth-order valence-corrected chi connectivity index (χ4v) is 5.95. The highest BCUT2D eigenvalue weighted by molar-refractivity contribution is 7.11. The summed E-state index contributed by atoms with van der Waals surface area (Å²) in [5.74, 6) is 0.139. The van der Waals surface area contributed by atoms with E-state index < -0.39 is 0 Å². The van der Waals surface area contributed by atoms with Gasteiger partial charge in [0.15, 0.2) is 0 Å². The van der Waals surface area contributed by atoms with E-state index in [1.54, 1.807) is 39.8 Å². The quantitative estimate of drug-likeness (QED) is 0.437. The molecule has 0 N–H and O–H groups in total. The summed E-state index contributed by atoms with van der Waals surface area (Å²) in [6.45, 7) is 0. The Balaban J connectivity index is 1.57. The van der Waals surface area contributed by atoms with Crippen LogP contribution in [0.5, 0.6) is 0 Å². The van der Waals surface area contributed by atoms with Crippen molar-refractivity contribution in [1.82, 2.24) is 5.01 Å². The molecule has 1 fully saturated rings. The van der Waals surface area contributed by atoms with Crippen molar-refractivity contribution in [2.75, 3.05) is 0 Å². The molecule has 146 valence electrons. The standard InChI is InChI=1S/C23H19ClN2OS2/c24-17-7-1-6-16(13-17)23(27)26-22(20-10-4-12-29-20)19-9-2-5-15(21(19)25-26)14-18-8-3-11-28-18/h1,3-4,6-8,10-14,19,22H,2,5,9H2/b15-14+. The number of rotatable bonds is 3. The van der Waals surface area contributed by atoms with Crippen molar-refractivity contribution in [3.05, 3.63) is 85.2 Å². The molecule has 3 aromatic rings. The molecule has 2 aromatic heterocycles. The molecular formula is C23H19ClN2OS2. The van der Waals surface area contributed by atoms with Crippen molar-refractivity contribution in [1.29, 1.82) is 0 Å². The molecule has 1 amide bonds. The molecule has 2 aliphatic rings. The molecule has 0 saturated heterocycles. The van der Waals surface area contributed by atoms with Crippen LogP contribution in [0, 0.1) is 5.92 Å². The maximum Gasteiger partial charge on any atom is 0.274 e. The normalized spacial score (nSPS) is 22.6. The maximum atomic E-state index is 13.4. The molecule has 3 nitrogen and oxygen atoms in total. The largest absolute Gasteiger partial charge is 0.274 e. The van der Waals surface area contributed by atoms with E-state index in [4.69, 9.17) is 16.7 Å². The highest BCUT2D eigenvalue weighted by Crippen LogP contribution is 2.46. The summed E-state index contributed by atoms with van der Waals surface area (Å²) >= 11 is 9.57. The molecule has 1 aliphatic carbocycles. The van der Waals surface area contributed by atoms with Crippen molar-refractivity contribution in [2.24, 2.45) is 11.0 Å². The van der Waals surface area contributed by atoms with Crippen LogP contribution in [-0.2, 0) is 0 Å². The Hall–Kier alpha value is -2.21. The Labute approximate surface area is 182 Å². The lowest BCUT2D eigenvalue weighted by atomic mass is 9.79. The molecule has 2 atom stereocenters. The number of hydrazone groups is 1. The molecular weight excluding hydrogens is 420 g/mol. The Bertz CT molecular complexity index is 1090. The minimum absolute atomic E-state index is 0.0523. The maximum absolute atomic E-state index is 13.4. The van der Waals surface area contributed by atoms with Gasteiger partial charge in [0, 0.05) is 26.3 Å². The smallest absolute Gasteiger partial charge is 0.267 e. The van der Waals surface area contributed by atoms with Gasteiger partial charge in [-0.15, -0.1) is 22.7 Å². The Kier molecular flexibility index (Phi) is 5.12. The van der Waals surface area contributed by atoms with Gasteiger partial charge in [-0.25, -0.2) is 5.01 Å². The topological polar surface area (TPSA) is 32.7 Å². The molecule has 29 heavy (non-hydrogen) atoms. The fourth-order valence-electron chi connectivity index (χ4n) is 4.20. The minimum Gasteiger partial charge on any atom is -0.267 e. The minimum atomic E-state index is -0.0942. The van der Waals surface area contributed by atoms with Gasteiger partial charge in [-0.3, -0.25) is 4.79 Å². The second-order valence-electron chi connectivity index (χ2n) is 7.29. The summed E-state index contributed by atoms with van der Waals surface area (Å²) < 4.78 is 0. The monoisotopic (exact) mass is 438 g/mol. The van der Waals surface area contributed by atoms with Crippen LogP contribution in [0.4, 0.5) is 0 Å². The zero-order valence-corrected chi connectivity index (χ0v) is 18.0. The number of amides is 1. The van der Waals surface area contributed by atoms with Crippen LogP contribution in [0.3, 0.4) is 0 Å². The van der Waals surface area contributed by atoms with E-state index in [-0.39, 0.29) is 17.9 Å². The average molecular weight is 439 g/mol. The first kappa shape index (κ1) is 18.8. The molecule has 3 heterocycles. The zero-order valence-electron chi connectivity index (χ0n) is 15.6. The molecule has 1 aliphatic heterocycles. The van der Waals surface area contributed by atoms with Gasteiger partial charge in [0.25, 0.3) is 5.91 Å². The van der Waals surface area contributed by atoms with E-state index in [9.17, 15) is 4.79 Å². The van der Waals surface area contributed by atoms with Crippen LogP contribution in [0.1, 0.15) is 45.4 Å². The van der Waals surface area contributed by atoms with Gasteiger partial charge in [0.2, 0.25) is 0 Å². The number of fused-ring (bicyclic) bond motifs is 1. The predicted molar refractivity (Wildman–Crippen MR) is 122 cm³/mol. The van der Waals surface area contributed by atoms with Gasteiger partial charge >= 0.3 is 0 Å². The van der Waals surface area contributed by atoms with Crippen LogP contribution in [0.2, 0.25) is 5.02 Å². The predicted octanol–water partition coefficient (Wildman–Crippen LogP) is 6.90. The van der Waals surface area contributed by atoms with Gasteiger partial charge in [0.1, 0.15) is 0 Å². The van der Waals surface area contributed by atoms with Crippen molar-refractivity contribution in [2.45, 2.75) is 25.3 Å². The third kappa shape index (κ3) is 3.59. The summed E-state index contributed by atoms with van der Waals surface area (Å²) in [6.07, 6.45) is 5.41. The number of thiophene rings is 2. The number of halogens is 1. The first-order valence-corrected chi connectivity index (χ1v) is 11.8. The lowest BCUT2D eigenvalue weighted by Gasteiger charge is -2.28. The zero-order chi connectivity index (χ0) is 19.8. The highest BCUT2D eigenvalue weighted by atomic mass is 35.5. The summed E-state index contributed by atoms with van der Waals surface area (Å²) in [5, 5.41) is 11.3. The van der Waals surface area contributed by atoms with Gasteiger partial charge in [-0.2, -0.15) is 5.10 Å². The molecule has 0 bridgehead atoms. The summed E-state index contributed by atoms with van der Waals surface area (Å²) in [5.41, 5.74) is 2.90. The average Bonchev–Trinajstić information content (AvgIpc) is 3.48. The van der Waals surface area contributed by atoms with Crippen molar-refractivity contribution >= 4 is 52.0 Å². The third-order valence-electron chi connectivity index (χ3n) is 5.48. The van der Waals surface area contributed by atoms with Crippen LogP contribution in [-0.4, -0.2) is 16.6 Å². The van der Waals surface area contributed by atoms with Crippen LogP contribution in [0.15, 0.2) is 70.0 Å². The number of allylic oxidation sites excluding steroid dienone is 1. The van der Waals surface area contributed by atoms with Crippen molar-refractivity contribution in [3.63, 3.8) is 0 Å². The summed E-state index contributed by atoms with van der Waals surface area (Å²) in [7, 11) is 0. The second-order valence-corrected chi connectivity index (χ2v) is 9.68. The molecule has 6 heteroatoms. The van der Waals surface area contributed by atoms with E-state index in [0.29, 0.717) is 10.6 Å². The molecule has 0 radical (unpaired) electrons. The van der Waals surface area contributed by atoms with Crippen LogP contribution < -0.4 is 0 Å². The van der Waals surface area contributed by atoms with Gasteiger partial charge in [-0.05, 0) is 72.0 Å². The molecule has 2 unspecified atom stereocenters. The van der Waals surface area contributed by atoms with E-state index in [1.165, 1.54) is 15.3 Å². The fraction of sp³-hybridized carbons (Fsp3) is 0.217. The molecule has 1 aromatic carbocycles. The second kappa shape index (κ2) is 7.90. The number of carbonyl (C=O) groups is 1. The first-order chi connectivity index (χ1) is 14.2. The van der Waals surface area contributed by atoms with Gasteiger partial charge in [0.05, 0.1) is 11.8 Å². The molecule has 5 rings (SSSR count). The van der Waals surface area contributed by atoms with Gasteiger partial charge in [-0.1, -0.05) is 29.8 Å². The van der Waals surface area contributed by atoms with Crippen LogP contribution in [0.25, 0.3) is 6.08 Å². The Morgan fingerprint density at radius 3 is 2.76 bits per heavy atom. The van der Waals surface area contributed by atoms with Crippen molar-refractivity contribution < 1.29 is 4.79 Å². The molecule has 0 spiro atoms. The Morgan fingerprint density at radius 1 is 1.14 bits per heavy atom.